The number of aryl methyl sites for hydroxylation is 1. The molecule has 0 saturated heterocycles. The van der Waals surface area contributed by atoms with Gasteiger partial charge in [0.2, 0.25) is 5.89 Å². The number of nitrogens with two attached hydrogens (primary N) is 1. The van der Waals surface area contributed by atoms with Crippen molar-refractivity contribution in [1.29, 1.82) is 0 Å². The van der Waals surface area contributed by atoms with Crippen LogP contribution in [0.25, 0.3) is 0 Å². The molecule has 0 bridgehead atoms. The monoisotopic (exact) mass is 185 g/mol. The minimum absolute atomic E-state index is 0.166. The molecule has 0 saturated carbocycles. The Balaban J connectivity index is 2.44. The lowest BCUT2D eigenvalue weighted by Crippen LogP contribution is -2.20. The van der Waals surface area contributed by atoms with E-state index in [4.69, 9.17) is 15.0 Å². The maximum Gasteiger partial charge on any atom is 0.223 e. The fourth-order valence-electron chi connectivity index (χ4n) is 0.836. The number of ether oxygens (including phenoxy) is 1. The smallest absolute Gasteiger partial charge is 0.223 e. The molecule has 13 heavy (non-hydrogen) atoms. The normalized spacial score (nSPS) is 13.6. The molecule has 1 atom stereocenters. The predicted octanol–water partition coefficient (Wildman–Crippen LogP) is 0.803. The van der Waals surface area contributed by atoms with Crippen molar-refractivity contribution in [3.63, 3.8) is 0 Å². The van der Waals surface area contributed by atoms with Crippen LogP contribution in [0.1, 0.15) is 31.6 Å². The van der Waals surface area contributed by atoms with Gasteiger partial charge in [-0.25, -0.2) is 0 Å². The van der Waals surface area contributed by atoms with E-state index in [9.17, 15) is 0 Å². The molecule has 1 aromatic rings. The van der Waals surface area contributed by atoms with Crippen LogP contribution in [0.4, 0.5) is 0 Å². The van der Waals surface area contributed by atoms with E-state index in [1.54, 1.807) is 6.92 Å². The quantitative estimate of drug-likeness (QED) is 0.751. The maximum atomic E-state index is 5.75. The van der Waals surface area contributed by atoms with Crippen LogP contribution in [0.3, 0.4) is 0 Å². The molecule has 0 aliphatic carbocycles. The number of hydrogen-bond donors (Lipinski definition) is 1. The Hall–Kier alpha value is -0.940. The van der Waals surface area contributed by atoms with Gasteiger partial charge in [-0.15, -0.1) is 0 Å². The van der Waals surface area contributed by atoms with E-state index < -0.39 is 0 Å². The van der Waals surface area contributed by atoms with E-state index in [2.05, 4.69) is 10.1 Å². The fraction of sp³-hybridized carbons (Fsp3) is 0.750. The summed E-state index contributed by atoms with van der Waals surface area (Å²) in [5.74, 6) is 1.02. The van der Waals surface area contributed by atoms with Crippen LogP contribution in [-0.2, 0) is 4.74 Å². The van der Waals surface area contributed by atoms with Crippen molar-refractivity contribution in [2.45, 2.75) is 32.9 Å². The summed E-state index contributed by atoms with van der Waals surface area (Å²) >= 11 is 0. The molecule has 1 unspecified atom stereocenters. The lowest BCUT2D eigenvalue weighted by molar-refractivity contribution is 0.0665. The average Bonchev–Trinajstić information content (AvgIpc) is 2.47. The summed E-state index contributed by atoms with van der Waals surface area (Å²) < 4.78 is 10.1. The highest BCUT2D eigenvalue weighted by Gasteiger charge is 2.13. The maximum absolute atomic E-state index is 5.75. The van der Waals surface area contributed by atoms with Gasteiger partial charge in [0.05, 0.1) is 18.8 Å². The van der Waals surface area contributed by atoms with Crippen molar-refractivity contribution < 1.29 is 9.26 Å². The minimum Gasteiger partial charge on any atom is -0.377 e. The third kappa shape index (κ3) is 3.12. The van der Waals surface area contributed by atoms with E-state index in [-0.39, 0.29) is 12.1 Å². The summed E-state index contributed by atoms with van der Waals surface area (Å²) in [6, 6.07) is -0.306. The zero-order chi connectivity index (χ0) is 9.84. The van der Waals surface area contributed by atoms with Gasteiger partial charge in [0.15, 0.2) is 5.82 Å². The van der Waals surface area contributed by atoms with Crippen LogP contribution in [-0.4, -0.2) is 22.9 Å². The van der Waals surface area contributed by atoms with Crippen molar-refractivity contribution in [2.75, 3.05) is 6.61 Å². The first-order valence-electron chi connectivity index (χ1n) is 4.27. The molecule has 5 heteroatoms. The van der Waals surface area contributed by atoms with Crippen molar-refractivity contribution in [3.8, 4) is 0 Å². The van der Waals surface area contributed by atoms with Crippen molar-refractivity contribution in [2.24, 2.45) is 5.73 Å². The minimum atomic E-state index is -0.306. The van der Waals surface area contributed by atoms with E-state index >= 15 is 0 Å². The Morgan fingerprint density at radius 2 is 2.23 bits per heavy atom. The van der Waals surface area contributed by atoms with E-state index in [0.717, 1.165) is 0 Å². The average molecular weight is 185 g/mol. The molecule has 0 amide bonds. The lowest BCUT2D eigenvalue weighted by atomic mass is 10.3. The topological polar surface area (TPSA) is 74.2 Å². The number of aromatic nitrogens is 2. The van der Waals surface area contributed by atoms with Gasteiger partial charge < -0.3 is 15.0 Å². The van der Waals surface area contributed by atoms with Crippen LogP contribution < -0.4 is 5.73 Å². The Labute approximate surface area is 77.3 Å². The molecule has 2 N–H and O–H groups in total. The Morgan fingerprint density at radius 1 is 1.54 bits per heavy atom. The molecule has 0 fully saturated rings. The summed E-state index contributed by atoms with van der Waals surface area (Å²) in [5, 5.41) is 3.70. The number of hydrogen-bond acceptors (Lipinski definition) is 5. The molecule has 0 aromatic carbocycles. The van der Waals surface area contributed by atoms with Gasteiger partial charge in [-0.2, -0.15) is 4.98 Å². The Morgan fingerprint density at radius 3 is 2.69 bits per heavy atom. The summed E-state index contributed by atoms with van der Waals surface area (Å²) in [7, 11) is 0. The molecule has 1 heterocycles. The highest BCUT2D eigenvalue weighted by Crippen LogP contribution is 2.06. The fourth-order valence-corrected chi connectivity index (χ4v) is 0.836. The first-order chi connectivity index (χ1) is 6.09. The molecule has 0 aliphatic heterocycles. The molecular formula is C8H15N3O2. The van der Waals surface area contributed by atoms with Crippen LogP contribution in [0.15, 0.2) is 4.52 Å². The summed E-state index contributed by atoms with van der Waals surface area (Å²) in [6.45, 7) is 6.05. The summed E-state index contributed by atoms with van der Waals surface area (Å²) in [5.41, 5.74) is 5.75. The van der Waals surface area contributed by atoms with E-state index in [0.29, 0.717) is 18.3 Å². The first-order valence-corrected chi connectivity index (χ1v) is 4.27. The van der Waals surface area contributed by atoms with Crippen LogP contribution in [0.5, 0.6) is 0 Å². The lowest BCUT2D eigenvalue weighted by Gasteiger charge is -2.10. The number of rotatable bonds is 4. The van der Waals surface area contributed by atoms with Crippen LogP contribution in [0.2, 0.25) is 0 Å². The molecule has 74 valence electrons. The van der Waals surface area contributed by atoms with Gasteiger partial charge >= 0.3 is 0 Å². The van der Waals surface area contributed by atoms with Gasteiger partial charge in [0.1, 0.15) is 0 Å². The van der Waals surface area contributed by atoms with Crippen LogP contribution in [0, 0.1) is 6.92 Å². The summed E-state index contributed by atoms with van der Waals surface area (Å²) in [6.07, 6.45) is 0.166. The third-order valence-electron chi connectivity index (χ3n) is 1.48. The first kappa shape index (κ1) is 10.1. The largest absolute Gasteiger partial charge is 0.377 e. The zero-order valence-corrected chi connectivity index (χ0v) is 8.15. The summed E-state index contributed by atoms with van der Waals surface area (Å²) in [4.78, 5) is 4.01. The van der Waals surface area contributed by atoms with E-state index in [1.165, 1.54) is 0 Å². The molecule has 1 aromatic heterocycles. The van der Waals surface area contributed by atoms with Gasteiger partial charge in [0, 0.05) is 6.92 Å². The standard InChI is InChI=1S/C8H15N3O2/c1-5(2)12-4-7(9)8-10-6(3)13-11-8/h5,7H,4,9H2,1-3H3. The van der Waals surface area contributed by atoms with Crippen molar-refractivity contribution in [3.05, 3.63) is 11.7 Å². The second-order valence-electron chi connectivity index (χ2n) is 3.16. The molecule has 0 aliphatic rings. The third-order valence-corrected chi connectivity index (χ3v) is 1.48. The van der Waals surface area contributed by atoms with Gasteiger partial charge in [-0.1, -0.05) is 5.16 Å². The SMILES string of the molecule is Cc1nc(C(N)COC(C)C)no1. The highest BCUT2D eigenvalue weighted by atomic mass is 16.5. The van der Waals surface area contributed by atoms with E-state index in [1.807, 2.05) is 13.8 Å². The number of nitrogens with zero attached hydrogens (tertiary/aromatic N) is 2. The van der Waals surface area contributed by atoms with Gasteiger partial charge in [-0.3, -0.25) is 0 Å². The van der Waals surface area contributed by atoms with Crippen LogP contribution >= 0.6 is 0 Å². The highest BCUT2D eigenvalue weighted by molar-refractivity contribution is 4.91. The zero-order valence-electron chi connectivity index (χ0n) is 8.15. The predicted molar refractivity (Wildman–Crippen MR) is 47.1 cm³/mol. The second-order valence-corrected chi connectivity index (χ2v) is 3.16. The van der Waals surface area contributed by atoms with Gasteiger partial charge in [0.25, 0.3) is 0 Å². The molecule has 1 rings (SSSR count). The van der Waals surface area contributed by atoms with Gasteiger partial charge in [-0.05, 0) is 13.8 Å². The molecule has 0 radical (unpaired) electrons. The second kappa shape index (κ2) is 4.34. The Bertz CT molecular complexity index is 260. The molecular weight excluding hydrogens is 170 g/mol. The van der Waals surface area contributed by atoms with Crippen molar-refractivity contribution >= 4 is 0 Å². The Kier molecular flexibility index (Phi) is 3.39. The van der Waals surface area contributed by atoms with Crippen molar-refractivity contribution in [1.82, 2.24) is 10.1 Å². The molecule has 5 nitrogen and oxygen atoms in total. The molecule has 0 spiro atoms.